The summed E-state index contributed by atoms with van der Waals surface area (Å²) < 4.78 is 21.6. The van der Waals surface area contributed by atoms with Crippen molar-refractivity contribution in [3.05, 3.63) is 47.5 Å². The Hall–Kier alpha value is -2.40. The molecule has 0 fully saturated rings. The molecular formula is C18H20O5. The number of hydrogen-bond acceptors (Lipinski definition) is 5. The van der Waals surface area contributed by atoms with Gasteiger partial charge in [0, 0.05) is 17.5 Å². The van der Waals surface area contributed by atoms with Crippen LogP contribution in [0.3, 0.4) is 0 Å². The van der Waals surface area contributed by atoms with E-state index in [4.69, 9.17) is 18.9 Å². The van der Waals surface area contributed by atoms with Gasteiger partial charge in [-0.05, 0) is 29.8 Å². The molecule has 2 atom stereocenters. The van der Waals surface area contributed by atoms with Gasteiger partial charge in [0.2, 0.25) is 0 Å². The van der Waals surface area contributed by atoms with Crippen LogP contribution in [0.2, 0.25) is 0 Å². The molecular weight excluding hydrogens is 296 g/mol. The summed E-state index contributed by atoms with van der Waals surface area (Å²) in [6, 6.07) is 11.1. The van der Waals surface area contributed by atoms with Crippen LogP contribution in [-0.2, 0) is 0 Å². The predicted molar refractivity (Wildman–Crippen MR) is 85.7 cm³/mol. The molecule has 3 rings (SSSR count). The quantitative estimate of drug-likeness (QED) is 0.940. The van der Waals surface area contributed by atoms with E-state index in [-0.39, 0.29) is 5.92 Å². The Morgan fingerprint density at radius 1 is 0.957 bits per heavy atom. The zero-order valence-electron chi connectivity index (χ0n) is 13.4. The Morgan fingerprint density at radius 2 is 1.74 bits per heavy atom. The summed E-state index contributed by atoms with van der Waals surface area (Å²) in [5.41, 5.74) is 1.70. The van der Waals surface area contributed by atoms with Crippen molar-refractivity contribution in [2.45, 2.75) is 12.0 Å². The van der Waals surface area contributed by atoms with Gasteiger partial charge in [-0.3, -0.25) is 0 Å². The fourth-order valence-electron chi connectivity index (χ4n) is 2.86. The molecule has 0 bridgehead atoms. The Balaban J connectivity index is 1.93. The Kier molecular flexibility index (Phi) is 4.30. The summed E-state index contributed by atoms with van der Waals surface area (Å²) in [6.07, 6.45) is -0.650. The number of fused-ring (bicyclic) bond motifs is 1. The van der Waals surface area contributed by atoms with Crippen molar-refractivity contribution in [1.29, 1.82) is 0 Å². The minimum Gasteiger partial charge on any atom is -0.497 e. The lowest BCUT2D eigenvalue weighted by Crippen LogP contribution is -2.24. The molecule has 2 aromatic carbocycles. The lowest BCUT2D eigenvalue weighted by Gasteiger charge is -2.31. The molecule has 23 heavy (non-hydrogen) atoms. The van der Waals surface area contributed by atoms with E-state index in [2.05, 4.69) is 0 Å². The lowest BCUT2D eigenvalue weighted by atomic mass is 9.87. The molecule has 0 spiro atoms. The van der Waals surface area contributed by atoms with Gasteiger partial charge in [-0.15, -0.1) is 0 Å². The van der Waals surface area contributed by atoms with Crippen LogP contribution in [0.5, 0.6) is 23.0 Å². The van der Waals surface area contributed by atoms with Gasteiger partial charge in [-0.25, -0.2) is 0 Å². The highest BCUT2D eigenvalue weighted by Crippen LogP contribution is 2.43. The number of methoxy groups -OCH3 is 3. The first-order chi connectivity index (χ1) is 11.2. The van der Waals surface area contributed by atoms with Crippen LogP contribution in [0, 0.1) is 0 Å². The summed E-state index contributed by atoms with van der Waals surface area (Å²) in [5, 5.41) is 10.7. The van der Waals surface area contributed by atoms with Crippen LogP contribution < -0.4 is 18.9 Å². The number of benzene rings is 2. The van der Waals surface area contributed by atoms with Crippen LogP contribution in [0.25, 0.3) is 0 Å². The van der Waals surface area contributed by atoms with Crippen molar-refractivity contribution in [3.63, 3.8) is 0 Å². The molecule has 0 aliphatic carbocycles. The van der Waals surface area contributed by atoms with Crippen molar-refractivity contribution >= 4 is 0 Å². The molecule has 5 heteroatoms. The average molecular weight is 316 g/mol. The number of hydrogen-bond donors (Lipinski definition) is 1. The van der Waals surface area contributed by atoms with Gasteiger partial charge < -0.3 is 24.1 Å². The van der Waals surface area contributed by atoms with Crippen LogP contribution in [0.1, 0.15) is 23.1 Å². The van der Waals surface area contributed by atoms with E-state index in [0.29, 0.717) is 29.6 Å². The van der Waals surface area contributed by atoms with E-state index in [1.165, 1.54) is 0 Å². The van der Waals surface area contributed by atoms with Crippen molar-refractivity contribution < 1.29 is 24.1 Å². The maximum absolute atomic E-state index is 10.7. The third kappa shape index (κ3) is 2.80. The van der Waals surface area contributed by atoms with Gasteiger partial charge in [0.15, 0.2) is 11.5 Å². The lowest BCUT2D eigenvalue weighted by molar-refractivity contribution is 0.0886. The van der Waals surface area contributed by atoms with Gasteiger partial charge >= 0.3 is 0 Å². The molecule has 1 aliphatic heterocycles. The molecule has 0 saturated heterocycles. The smallest absolute Gasteiger partial charge is 0.161 e. The minimum absolute atomic E-state index is 0.171. The molecule has 2 aromatic rings. The molecule has 0 aromatic heterocycles. The first kappa shape index (κ1) is 15.5. The molecule has 0 saturated carbocycles. The highest BCUT2D eigenvalue weighted by atomic mass is 16.5. The molecule has 122 valence electrons. The van der Waals surface area contributed by atoms with Crippen LogP contribution in [-0.4, -0.2) is 33.0 Å². The second-order valence-electron chi connectivity index (χ2n) is 5.38. The van der Waals surface area contributed by atoms with Crippen molar-refractivity contribution in [2.75, 3.05) is 27.9 Å². The van der Waals surface area contributed by atoms with Crippen molar-refractivity contribution in [1.82, 2.24) is 0 Å². The van der Waals surface area contributed by atoms with E-state index in [9.17, 15) is 5.11 Å². The highest BCUT2D eigenvalue weighted by Gasteiger charge is 2.31. The molecule has 0 radical (unpaired) electrons. The van der Waals surface area contributed by atoms with Gasteiger partial charge in [0.1, 0.15) is 11.5 Å². The third-order valence-electron chi connectivity index (χ3n) is 4.17. The maximum Gasteiger partial charge on any atom is 0.161 e. The minimum atomic E-state index is -0.650. The SMILES string of the molecule is COc1ccc2c(c1)OC[C@@H](c1ccc(OC)c(OC)c1)[C@@H]2O. The summed E-state index contributed by atoms with van der Waals surface area (Å²) in [7, 11) is 4.80. The standard InChI is InChI=1S/C18H20O5/c1-20-12-5-6-13-16(9-12)23-10-14(18(13)19)11-4-7-15(21-2)17(8-11)22-3/h4-9,14,18-19H,10H2,1-3H3/t14-,18+/m0/s1. The van der Waals surface area contributed by atoms with Crippen LogP contribution >= 0.6 is 0 Å². The second-order valence-corrected chi connectivity index (χ2v) is 5.38. The van der Waals surface area contributed by atoms with E-state index in [0.717, 1.165) is 11.1 Å². The second kappa shape index (κ2) is 6.38. The van der Waals surface area contributed by atoms with E-state index in [1.807, 2.05) is 30.3 Å². The monoisotopic (exact) mass is 316 g/mol. The van der Waals surface area contributed by atoms with Gasteiger partial charge in [-0.1, -0.05) is 6.07 Å². The molecule has 0 unspecified atom stereocenters. The summed E-state index contributed by atoms with van der Waals surface area (Å²) >= 11 is 0. The summed E-state index contributed by atoms with van der Waals surface area (Å²) in [6.45, 7) is 0.386. The third-order valence-corrected chi connectivity index (χ3v) is 4.17. The normalized spacial score (nSPS) is 19.5. The van der Waals surface area contributed by atoms with E-state index < -0.39 is 6.10 Å². The largest absolute Gasteiger partial charge is 0.497 e. The Labute approximate surface area is 135 Å². The zero-order chi connectivity index (χ0) is 16.4. The fourth-order valence-corrected chi connectivity index (χ4v) is 2.86. The molecule has 5 nitrogen and oxygen atoms in total. The van der Waals surface area contributed by atoms with Crippen molar-refractivity contribution in [2.24, 2.45) is 0 Å². The predicted octanol–water partition coefficient (Wildman–Crippen LogP) is 2.92. The molecule has 0 amide bonds. The first-order valence-corrected chi connectivity index (χ1v) is 7.38. The first-order valence-electron chi connectivity index (χ1n) is 7.38. The average Bonchev–Trinajstić information content (AvgIpc) is 2.61. The molecule has 1 heterocycles. The van der Waals surface area contributed by atoms with Gasteiger partial charge in [0.05, 0.1) is 34.0 Å². The number of aliphatic hydroxyl groups excluding tert-OH is 1. The number of rotatable bonds is 4. The van der Waals surface area contributed by atoms with E-state index >= 15 is 0 Å². The van der Waals surface area contributed by atoms with Gasteiger partial charge in [-0.2, -0.15) is 0 Å². The van der Waals surface area contributed by atoms with E-state index in [1.54, 1.807) is 27.4 Å². The Morgan fingerprint density at radius 3 is 2.43 bits per heavy atom. The maximum atomic E-state index is 10.7. The topological polar surface area (TPSA) is 57.2 Å². The highest BCUT2D eigenvalue weighted by molar-refractivity contribution is 5.48. The van der Waals surface area contributed by atoms with Gasteiger partial charge in [0.25, 0.3) is 0 Å². The summed E-state index contributed by atoms with van der Waals surface area (Å²) in [5.74, 6) is 2.50. The fraction of sp³-hybridized carbons (Fsp3) is 0.333. The number of ether oxygens (including phenoxy) is 4. The summed E-state index contributed by atoms with van der Waals surface area (Å²) in [4.78, 5) is 0. The number of aliphatic hydroxyl groups is 1. The molecule has 1 N–H and O–H groups in total. The molecule has 1 aliphatic rings. The zero-order valence-corrected chi connectivity index (χ0v) is 13.4. The van der Waals surface area contributed by atoms with Crippen molar-refractivity contribution in [3.8, 4) is 23.0 Å². The Bertz CT molecular complexity index is 698. The van der Waals surface area contributed by atoms with Crippen LogP contribution in [0.15, 0.2) is 36.4 Å². The van der Waals surface area contributed by atoms with Crippen LogP contribution in [0.4, 0.5) is 0 Å².